The maximum Gasteiger partial charge on any atom is 0.238 e. The van der Waals surface area contributed by atoms with E-state index >= 15 is 0 Å². The van der Waals surface area contributed by atoms with Crippen LogP contribution in [0.1, 0.15) is 17.3 Å². The van der Waals surface area contributed by atoms with Gasteiger partial charge in [0.1, 0.15) is 0 Å². The molecule has 2 atom stereocenters. The number of carbonyl (C=O) groups excluding carboxylic acids is 2. The minimum absolute atomic E-state index is 0. The van der Waals surface area contributed by atoms with E-state index in [-0.39, 0.29) is 24.1 Å². The number of nitrogens with zero attached hydrogens (tertiary/aromatic N) is 1. The second kappa shape index (κ2) is 7.22. The number of para-hydroxylation sites is 1. The zero-order valence-electron chi connectivity index (χ0n) is 12.7. The number of ketones is 1. The Hall–Kier alpha value is -1.43. The summed E-state index contributed by atoms with van der Waals surface area (Å²) in [5.41, 5.74) is 1.17. The normalized spacial score (nSPS) is 23.7. The lowest BCUT2D eigenvalue weighted by molar-refractivity contribution is -0.117. The van der Waals surface area contributed by atoms with E-state index in [1.54, 1.807) is 18.2 Å². The molecule has 2 heterocycles. The van der Waals surface area contributed by atoms with Gasteiger partial charge in [-0.25, -0.2) is 0 Å². The summed E-state index contributed by atoms with van der Waals surface area (Å²) in [4.78, 5) is 25.9. The molecular formula is C16H22ClN3O2. The van der Waals surface area contributed by atoms with E-state index in [0.717, 1.165) is 26.2 Å². The summed E-state index contributed by atoms with van der Waals surface area (Å²) in [6.45, 7) is 6.02. The molecule has 6 heteroatoms. The molecule has 0 radical (unpaired) electrons. The summed E-state index contributed by atoms with van der Waals surface area (Å²) >= 11 is 0. The minimum Gasteiger partial charge on any atom is -0.324 e. The quantitative estimate of drug-likeness (QED) is 0.822. The molecule has 0 saturated carbocycles. The zero-order chi connectivity index (χ0) is 14.8. The van der Waals surface area contributed by atoms with E-state index < -0.39 is 0 Å². The lowest BCUT2D eigenvalue weighted by Crippen LogP contribution is -2.34. The highest BCUT2D eigenvalue weighted by Gasteiger charge is 2.36. The van der Waals surface area contributed by atoms with Crippen LogP contribution in [0, 0.1) is 11.8 Å². The molecule has 2 fully saturated rings. The molecule has 0 aliphatic carbocycles. The first-order chi connectivity index (χ1) is 10.1. The smallest absolute Gasteiger partial charge is 0.238 e. The number of anilines is 1. The second-order valence-electron chi connectivity index (χ2n) is 6.02. The van der Waals surface area contributed by atoms with E-state index in [1.165, 1.54) is 6.92 Å². The third-order valence-corrected chi connectivity index (χ3v) is 4.41. The Morgan fingerprint density at radius 2 is 1.86 bits per heavy atom. The average molecular weight is 324 g/mol. The van der Waals surface area contributed by atoms with Crippen LogP contribution in [0.15, 0.2) is 24.3 Å². The fraction of sp³-hybridized carbons (Fsp3) is 0.500. The van der Waals surface area contributed by atoms with Crippen molar-refractivity contribution in [3.63, 3.8) is 0 Å². The Kier molecular flexibility index (Phi) is 5.56. The molecule has 22 heavy (non-hydrogen) atoms. The van der Waals surface area contributed by atoms with Crippen LogP contribution < -0.4 is 10.6 Å². The molecule has 3 rings (SSSR count). The van der Waals surface area contributed by atoms with Crippen LogP contribution in [0.2, 0.25) is 0 Å². The van der Waals surface area contributed by atoms with Crippen LogP contribution >= 0.6 is 12.4 Å². The van der Waals surface area contributed by atoms with Crippen molar-refractivity contribution in [3.8, 4) is 0 Å². The fourth-order valence-electron chi connectivity index (χ4n) is 3.37. The number of hydrogen-bond acceptors (Lipinski definition) is 4. The highest BCUT2D eigenvalue weighted by Crippen LogP contribution is 2.26. The van der Waals surface area contributed by atoms with Crippen LogP contribution in [0.4, 0.5) is 5.69 Å². The molecule has 1 amide bonds. The second-order valence-corrected chi connectivity index (χ2v) is 6.02. The molecular weight excluding hydrogens is 302 g/mol. The number of halogens is 1. The van der Waals surface area contributed by atoms with Crippen molar-refractivity contribution in [2.45, 2.75) is 6.92 Å². The van der Waals surface area contributed by atoms with Crippen molar-refractivity contribution >= 4 is 29.8 Å². The predicted octanol–water partition coefficient (Wildman–Crippen LogP) is 1.40. The van der Waals surface area contributed by atoms with Crippen molar-refractivity contribution in [1.29, 1.82) is 0 Å². The Morgan fingerprint density at radius 3 is 2.50 bits per heavy atom. The third kappa shape index (κ3) is 3.66. The van der Waals surface area contributed by atoms with Gasteiger partial charge >= 0.3 is 0 Å². The topological polar surface area (TPSA) is 61.4 Å². The summed E-state index contributed by atoms with van der Waals surface area (Å²) in [7, 11) is 0. The molecule has 2 aliphatic heterocycles. The van der Waals surface area contributed by atoms with Crippen LogP contribution in [-0.4, -0.2) is 49.3 Å². The van der Waals surface area contributed by atoms with Crippen molar-refractivity contribution < 1.29 is 9.59 Å². The molecule has 2 saturated heterocycles. The summed E-state index contributed by atoms with van der Waals surface area (Å²) in [5, 5.41) is 6.26. The Balaban J connectivity index is 0.00000176. The number of fused-ring (bicyclic) bond motifs is 1. The summed E-state index contributed by atoms with van der Waals surface area (Å²) in [6, 6.07) is 7.15. The number of rotatable bonds is 4. The molecule has 120 valence electrons. The maximum atomic E-state index is 12.2. The molecule has 0 aromatic heterocycles. The van der Waals surface area contributed by atoms with Gasteiger partial charge in [0.05, 0.1) is 12.2 Å². The standard InChI is InChI=1S/C16H21N3O2.ClH/c1-11(20)14-4-2-3-5-15(14)18-16(21)10-19-8-12-6-17-7-13(12)9-19;/h2-5,12-13,17H,6-10H2,1H3,(H,18,21);1H/t12-,13+;. The van der Waals surface area contributed by atoms with Gasteiger partial charge in [-0.3, -0.25) is 14.5 Å². The van der Waals surface area contributed by atoms with E-state index in [4.69, 9.17) is 0 Å². The van der Waals surface area contributed by atoms with Crippen molar-refractivity contribution in [3.05, 3.63) is 29.8 Å². The molecule has 1 aromatic carbocycles. The third-order valence-electron chi connectivity index (χ3n) is 4.41. The van der Waals surface area contributed by atoms with Gasteiger partial charge in [0, 0.05) is 18.7 Å². The van der Waals surface area contributed by atoms with Gasteiger partial charge in [0.25, 0.3) is 0 Å². The first kappa shape index (κ1) is 16.9. The highest BCUT2D eigenvalue weighted by molar-refractivity contribution is 6.04. The molecule has 2 aliphatic rings. The van der Waals surface area contributed by atoms with Crippen LogP contribution in [0.5, 0.6) is 0 Å². The largest absolute Gasteiger partial charge is 0.324 e. The molecule has 0 unspecified atom stereocenters. The Morgan fingerprint density at radius 1 is 1.23 bits per heavy atom. The van der Waals surface area contributed by atoms with E-state index in [2.05, 4.69) is 15.5 Å². The zero-order valence-corrected chi connectivity index (χ0v) is 13.5. The number of benzene rings is 1. The van der Waals surface area contributed by atoms with Crippen molar-refractivity contribution in [2.24, 2.45) is 11.8 Å². The number of likely N-dealkylation sites (tertiary alicyclic amines) is 1. The van der Waals surface area contributed by atoms with Gasteiger partial charge in [0.2, 0.25) is 5.91 Å². The monoisotopic (exact) mass is 323 g/mol. The summed E-state index contributed by atoms with van der Waals surface area (Å²) in [6.07, 6.45) is 0. The van der Waals surface area contributed by atoms with Gasteiger partial charge in [-0.05, 0) is 44.0 Å². The molecule has 5 nitrogen and oxygen atoms in total. The molecule has 0 bridgehead atoms. The number of nitrogens with one attached hydrogen (secondary N) is 2. The van der Waals surface area contributed by atoms with Gasteiger partial charge < -0.3 is 10.6 Å². The first-order valence-corrected chi connectivity index (χ1v) is 7.46. The SMILES string of the molecule is CC(=O)c1ccccc1NC(=O)CN1C[C@H]2CNC[C@H]2C1.Cl. The Bertz CT molecular complexity index is 552. The van der Waals surface area contributed by atoms with Crippen molar-refractivity contribution in [2.75, 3.05) is 38.0 Å². The van der Waals surface area contributed by atoms with Gasteiger partial charge in [-0.2, -0.15) is 0 Å². The van der Waals surface area contributed by atoms with E-state index in [1.807, 2.05) is 6.07 Å². The van der Waals surface area contributed by atoms with Crippen LogP contribution in [0.25, 0.3) is 0 Å². The minimum atomic E-state index is -0.0448. The lowest BCUT2D eigenvalue weighted by Gasteiger charge is -2.17. The number of carbonyl (C=O) groups is 2. The van der Waals surface area contributed by atoms with Gasteiger partial charge in [0.15, 0.2) is 5.78 Å². The maximum absolute atomic E-state index is 12.2. The first-order valence-electron chi connectivity index (χ1n) is 7.46. The van der Waals surface area contributed by atoms with Gasteiger partial charge in [-0.1, -0.05) is 12.1 Å². The number of hydrogen-bond donors (Lipinski definition) is 2. The predicted molar refractivity (Wildman–Crippen MR) is 88.6 cm³/mol. The average Bonchev–Trinajstić information content (AvgIpc) is 2.99. The highest BCUT2D eigenvalue weighted by atomic mass is 35.5. The Labute approximate surface area is 136 Å². The van der Waals surface area contributed by atoms with Gasteiger partial charge in [-0.15, -0.1) is 12.4 Å². The lowest BCUT2D eigenvalue weighted by atomic mass is 10.0. The van der Waals surface area contributed by atoms with E-state index in [9.17, 15) is 9.59 Å². The fourth-order valence-corrected chi connectivity index (χ4v) is 3.37. The number of Topliss-reactive ketones (excluding diaryl/α,β-unsaturated/α-hetero) is 1. The van der Waals surface area contributed by atoms with E-state index in [0.29, 0.717) is 29.6 Å². The summed E-state index contributed by atoms with van der Waals surface area (Å²) in [5.74, 6) is 1.29. The molecule has 2 N–H and O–H groups in total. The molecule has 1 aromatic rings. The molecule has 0 spiro atoms. The van der Waals surface area contributed by atoms with Crippen LogP contribution in [0.3, 0.4) is 0 Å². The van der Waals surface area contributed by atoms with Crippen LogP contribution in [-0.2, 0) is 4.79 Å². The summed E-state index contributed by atoms with van der Waals surface area (Å²) < 4.78 is 0. The number of amides is 1. The van der Waals surface area contributed by atoms with Crippen molar-refractivity contribution in [1.82, 2.24) is 10.2 Å².